The molecule has 0 N–H and O–H groups in total. The van der Waals surface area contributed by atoms with Crippen LogP contribution in [0.25, 0.3) is 0 Å². The third-order valence-corrected chi connectivity index (χ3v) is 4.31. The highest BCUT2D eigenvalue weighted by atomic mass is 35.5. The average Bonchev–Trinajstić information content (AvgIpc) is 2.28. The lowest BCUT2D eigenvalue weighted by molar-refractivity contribution is 0.385. The predicted molar refractivity (Wildman–Crippen MR) is 67.8 cm³/mol. The molecule has 0 aliphatic carbocycles. The van der Waals surface area contributed by atoms with Gasteiger partial charge in [-0.2, -0.15) is 4.31 Å². The van der Waals surface area contributed by atoms with Gasteiger partial charge in [-0.25, -0.2) is 17.8 Å². The van der Waals surface area contributed by atoms with Crippen molar-refractivity contribution in [1.82, 2.24) is 9.29 Å². The third-order valence-electron chi connectivity index (χ3n) is 2.80. The van der Waals surface area contributed by atoms with Gasteiger partial charge in [-0.15, -0.1) is 0 Å². The Hall–Kier alpha value is -0.920. The van der Waals surface area contributed by atoms with E-state index in [9.17, 15) is 12.8 Å². The first-order chi connectivity index (χ1) is 8.38. The minimum absolute atomic E-state index is 0.215. The molecule has 1 aromatic rings. The number of nitrogens with zero attached hydrogens (tertiary/aromatic N) is 3. The molecule has 0 atom stereocenters. The zero-order valence-corrected chi connectivity index (χ0v) is 11.4. The van der Waals surface area contributed by atoms with Gasteiger partial charge in [0.25, 0.3) is 0 Å². The first-order valence-corrected chi connectivity index (χ1v) is 7.61. The normalized spacial score (nSPS) is 18.1. The van der Waals surface area contributed by atoms with E-state index in [1.807, 2.05) is 0 Å². The second-order valence-electron chi connectivity index (χ2n) is 4.11. The van der Waals surface area contributed by atoms with Gasteiger partial charge < -0.3 is 4.90 Å². The van der Waals surface area contributed by atoms with Gasteiger partial charge in [-0.3, -0.25) is 0 Å². The summed E-state index contributed by atoms with van der Waals surface area (Å²) in [6, 6.07) is 1.20. The Labute approximate surface area is 110 Å². The Morgan fingerprint density at radius 2 is 1.94 bits per heavy atom. The first kappa shape index (κ1) is 13.5. The molecular formula is C10H13ClFN3O2S. The van der Waals surface area contributed by atoms with Crippen molar-refractivity contribution in [3.05, 3.63) is 23.1 Å². The summed E-state index contributed by atoms with van der Waals surface area (Å²) < 4.78 is 37.7. The van der Waals surface area contributed by atoms with Crippen LogP contribution in [0.1, 0.15) is 0 Å². The second kappa shape index (κ2) is 4.99. The Kier molecular flexibility index (Phi) is 3.74. The van der Waals surface area contributed by atoms with Crippen LogP contribution < -0.4 is 4.90 Å². The lowest BCUT2D eigenvalue weighted by atomic mass is 10.3. The Bertz CT molecular complexity index is 544. The molecule has 2 rings (SSSR count). The number of halogens is 2. The number of rotatable bonds is 2. The molecule has 0 radical (unpaired) electrons. The van der Waals surface area contributed by atoms with E-state index in [-0.39, 0.29) is 10.8 Å². The van der Waals surface area contributed by atoms with Crippen LogP contribution >= 0.6 is 11.6 Å². The molecule has 1 aromatic heterocycles. The molecule has 0 unspecified atom stereocenters. The standard InChI is InChI=1S/C10H13ClFN3O2S/c1-18(16,17)15-4-2-14(3-5-15)10-9(12)6-8(11)7-13-10/h6-7H,2-5H2,1H3. The third kappa shape index (κ3) is 2.90. The molecule has 1 fully saturated rings. The van der Waals surface area contributed by atoms with Gasteiger partial charge in [-0.1, -0.05) is 11.6 Å². The van der Waals surface area contributed by atoms with E-state index < -0.39 is 15.8 Å². The van der Waals surface area contributed by atoms with Crippen LogP contribution in [0.2, 0.25) is 5.02 Å². The maximum Gasteiger partial charge on any atom is 0.211 e. The zero-order chi connectivity index (χ0) is 13.3. The van der Waals surface area contributed by atoms with Crippen LogP contribution in [-0.2, 0) is 10.0 Å². The van der Waals surface area contributed by atoms with Crippen LogP contribution in [0.15, 0.2) is 12.3 Å². The summed E-state index contributed by atoms with van der Waals surface area (Å²) in [6.07, 6.45) is 2.55. The fourth-order valence-corrected chi connectivity index (χ4v) is 2.84. The number of aromatic nitrogens is 1. The SMILES string of the molecule is CS(=O)(=O)N1CCN(c2ncc(Cl)cc2F)CC1. The van der Waals surface area contributed by atoms with Crippen LogP contribution in [0.5, 0.6) is 0 Å². The molecule has 5 nitrogen and oxygen atoms in total. The average molecular weight is 294 g/mol. The minimum atomic E-state index is -3.18. The predicted octanol–water partition coefficient (Wildman–Crippen LogP) is 0.956. The quantitative estimate of drug-likeness (QED) is 0.815. The second-order valence-corrected chi connectivity index (χ2v) is 6.53. The molecule has 18 heavy (non-hydrogen) atoms. The summed E-state index contributed by atoms with van der Waals surface area (Å²) >= 11 is 5.63. The van der Waals surface area contributed by atoms with Crippen molar-refractivity contribution >= 4 is 27.4 Å². The van der Waals surface area contributed by atoms with Crippen molar-refractivity contribution < 1.29 is 12.8 Å². The maximum atomic E-state index is 13.6. The largest absolute Gasteiger partial charge is 0.352 e. The van der Waals surface area contributed by atoms with Crippen molar-refractivity contribution in [2.75, 3.05) is 37.3 Å². The van der Waals surface area contributed by atoms with Gasteiger partial charge in [-0.05, 0) is 6.07 Å². The summed E-state index contributed by atoms with van der Waals surface area (Å²) in [6.45, 7) is 1.50. The summed E-state index contributed by atoms with van der Waals surface area (Å²) in [7, 11) is -3.18. The maximum absolute atomic E-state index is 13.6. The Morgan fingerprint density at radius 1 is 1.33 bits per heavy atom. The molecule has 1 saturated heterocycles. The van der Waals surface area contributed by atoms with Crippen LogP contribution in [0, 0.1) is 5.82 Å². The van der Waals surface area contributed by atoms with E-state index in [0.717, 1.165) is 0 Å². The molecule has 0 spiro atoms. The van der Waals surface area contributed by atoms with Crippen LogP contribution in [-0.4, -0.2) is 50.1 Å². The lowest BCUT2D eigenvalue weighted by Gasteiger charge is -2.34. The summed E-state index contributed by atoms with van der Waals surface area (Å²) in [5.41, 5.74) is 0. The van der Waals surface area contributed by atoms with Crippen molar-refractivity contribution in [1.29, 1.82) is 0 Å². The summed E-state index contributed by atoms with van der Waals surface area (Å²) in [4.78, 5) is 5.66. The number of hydrogen-bond donors (Lipinski definition) is 0. The smallest absolute Gasteiger partial charge is 0.211 e. The number of piperazine rings is 1. The number of anilines is 1. The number of hydrogen-bond acceptors (Lipinski definition) is 4. The van der Waals surface area contributed by atoms with Crippen molar-refractivity contribution in [2.24, 2.45) is 0 Å². The molecule has 0 bridgehead atoms. The van der Waals surface area contributed by atoms with Gasteiger partial charge in [0.05, 0.1) is 11.3 Å². The fourth-order valence-electron chi connectivity index (χ4n) is 1.87. The van der Waals surface area contributed by atoms with E-state index in [1.165, 1.54) is 22.8 Å². The van der Waals surface area contributed by atoms with Gasteiger partial charge >= 0.3 is 0 Å². The number of sulfonamides is 1. The molecule has 0 amide bonds. The minimum Gasteiger partial charge on any atom is -0.352 e. The molecule has 8 heteroatoms. The number of pyridine rings is 1. The highest BCUT2D eigenvalue weighted by Crippen LogP contribution is 2.21. The van der Waals surface area contributed by atoms with Crippen molar-refractivity contribution in [3.8, 4) is 0 Å². The molecule has 2 heterocycles. The zero-order valence-electron chi connectivity index (χ0n) is 9.81. The van der Waals surface area contributed by atoms with Gasteiger partial charge in [0, 0.05) is 32.4 Å². The Morgan fingerprint density at radius 3 is 2.44 bits per heavy atom. The topological polar surface area (TPSA) is 53.5 Å². The summed E-state index contributed by atoms with van der Waals surface area (Å²) in [5.74, 6) is -0.275. The highest BCUT2D eigenvalue weighted by Gasteiger charge is 2.25. The van der Waals surface area contributed by atoms with Crippen LogP contribution in [0.4, 0.5) is 10.2 Å². The highest BCUT2D eigenvalue weighted by molar-refractivity contribution is 7.88. The van der Waals surface area contributed by atoms with Gasteiger partial charge in [0.15, 0.2) is 11.6 Å². The van der Waals surface area contributed by atoms with Gasteiger partial charge in [0.2, 0.25) is 10.0 Å². The lowest BCUT2D eigenvalue weighted by Crippen LogP contribution is -2.48. The molecule has 1 aliphatic rings. The van der Waals surface area contributed by atoms with Crippen molar-refractivity contribution in [3.63, 3.8) is 0 Å². The van der Waals surface area contributed by atoms with Crippen molar-refractivity contribution in [2.45, 2.75) is 0 Å². The fraction of sp³-hybridized carbons (Fsp3) is 0.500. The van der Waals surface area contributed by atoms with E-state index >= 15 is 0 Å². The van der Waals surface area contributed by atoms with Crippen LogP contribution in [0.3, 0.4) is 0 Å². The monoisotopic (exact) mass is 293 g/mol. The molecule has 100 valence electrons. The molecule has 1 aliphatic heterocycles. The molecule has 0 saturated carbocycles. The van der Waals surface area contributed by atoms with Gasteiger partial charge in [0.1, 0.15) is 0 Å². The van der Waals surface area contributed by atoms with E-state index in [4.69, 9.17) is 11.6 Å². The van der Waals surface area contributed by atoms with E-state index in [1.54, 1.807) is 4.90 Å². The summed E-state index contributed by atoms with van der Waals surface area (Å²) in [5, 5.41) is 0.242. The molecular weight excluding hydrogens is 281 g/mol. The molecule has 0 aromatic carbocycles. The Balaban J connectivity index is 2.10. The van der Waals surface area contributed by atoms with E-state index in [2.05, 4.69) is 4.98 Å². The van der Waals surface area contributed by atoms with E-state index in [0.29, 0.717) is 26.2 Å². The first-order valence-electron chi connectivity index (χ1n) is 5.39.